The van der Waals surface area contributed by atoms with Crippen LogP contribution in [0.1, 0.15) is 29.3 Å². The molecule has 2 aromatic carbocycles. The molecule has 24 heavy (non-hydrogen) atoms. The monoisotopic (exact) mass is 328 g/mol. The summed E-state index contributed by atoms with van der Waals surface area (Å²) in [5.41, 5.74) is 1.87. The number of carbonyl (C=O) groups excluding carboxylic acids is 2. The highest BCUT2D eigenvalue weighted by atomic mass is 19.1. The molecule has 1 amide bonds. The molecule has 0 aliphatic rings. The molecule has 0 heterocycles. The summed E-state index contributed by atoms with van der Waals surface area (Å²) in [4.78, 5) is 25.1. The largest absolute Gasteiger partial charge is 0.326 e. The number of amides is 1. The molecule has 5 heteroatoms. The van der Waals surface area contributed by atoms with E-state index in [2.05, 4.69) is 5.32 Å². The van der Waals surface area contributed by atoms with Crippen molar-refractivity contribution in [2.75, 3.05) is 18.9 Å². The van der Waals surface area contributed by atoms with Crippen LogP contribution in [0.15, 0.2) is 48.5 Å². The molecule has 0 saturated carbocycles. The molecule has 0 bridgehead atoms. The lowest BCUT2D eigenvalue weighted by molar-refractivity contribution is -0.116. The summed E-state index contributed by atoms with van der Waals surface area (Å²) in [6, 6.07) is 13.4. The summed E-state index contributed by atoms with van der Waals surface area (Å²) in [6.45, 7) is 2.47. The molecule has 0 saturated heterocycles. The van der Waals surface area contributed by atoms with Gasteiger partial charge in [-0.25, -0.2) is 4.39 Å². The van der Waals surface area contributed by atoms with E-state index in [1.165, 1.54) is 13.0 Å². The van der Waals surface area contributed by atoms with E-state index in [0.717, 1.165) is 0 Å². The number of benzene rings is 2. The Bertz CT molecular complexity index is 714. The second-order valence-electron chi connectivity index (χ2n) is 5.76. The van der Waals surface area contributed by atoms with Gasteiger partial charge in [0.1, 0.15) is 5.82 Å². The number of rotatable bonds is 7. The van der Waals surface area contributed by atoms with Crippen LogP contribution in [0, 0.1) is 5.82 Å². The van der Waals surface area contributed by atoms with Crippen LogP contribution in [0.4, 0.5) is 10.1 Å². The van der Waals surface area contributed by atoms with E-state index >= 15 is 0 Å². The van der Waals surface area contributed by atoms with Crippen LogP contribution in [0.25, 0.3) is 0 Å². The van der Waals surface area contributed by atoms with E-state index in [4.69, 9.17) is 0 Å². The maximum atomic E-state index is 13.6. The van der Waals surface area contributed by atoms with Gasteiger partial charge in [0.25, 0.3) is 0 Å². The van der Waals surface area contributed by atoms with Crippen molar-refractivity contribution in [3.05, 3.63) is 65.5 Å². The highest BCUT2D eigenvalue weighted by Crippen LogP contribution is 2.11. The van der Waals surface area contributed by atoms with E-state index in [0.29, 0.717) is 36.3 Å². The van der Waals surface area contributed by atoms with Crippen LogP contribution in [-0.2, 0) is 11.3 Å². The van der Waals surface area contributed by atoms with Crippen molar-refractivity contribution in [2.45, 2.75) is 19.9 Å². The van der Waals surface area contributed by atoms with Crippen molar-refractivity contribution in [1.29, 1.82) is 0 Å². The quantitative estimate of drug-likeness (QED) is 0.792. The van der Waals surface area contributed by atoms with Crippen molar-refractivity contribution < 1.29 is 14.0 Å². The SMILES string of the molecule is CC(=O)c1ccc(NC(=O)CCN(C)Cc2ccccc2F)cc1. The average Bonchev–Trinajstić information content (AvgIpc) is 2.55. The molecule has 0 aliphatic carbocycles. The molecule has 0 atom stereocenters. The van der Waals surface area contributed by atoms with Gasteiger partial charge in [0.2, 0.25) is 5.91 Å². The molecule has 126 valence electrons. The number of hydrogen-bond acceptors (Lipinski definition) is 3. The van der Waals surface area contributed by atoms with Gasteiger partial charge in [-0.05, 0) is 44.3 Å². The van der Waals surface area contributed by atoms with Crippen LogP contribution in [0.2, 0.25) is 0 Å². The van der Waals surface area contributed by atoms with Gasteiger partial charge in [0.15, 0.2) is 5.78 Å². The number of nitrogens with zero attached hydrogens (tertiary/aromatic N) is 1. The molecule has 2 aromatic rings. The van der Waals surface area contributed by atoms with E-state index in [-0.39, 0.29) is 17.5 Å². The van der Waals surface area contributed by atoms with Crippen LogP contribution in [-0.4, -0.2) is 30.2 Å². The molecule has 0 aliphatic heterocycles. The zero-order chi connectivity index (χ0) is 17.5. The molecule has 0 radical (unpaired) electrons. The lowest BCUT2D eigenvalue weighted by Crippen LogP contribution is -2.24. The van der Waals surface area contributed by atoms with Gasteiger partial charge >= 0.3 is 0 Å². The van der Waals surface area contributed by atoms with Gasteiger partial charge < -0.3 is 10.2 Å². The van der Waals surface area contributed by atoms with Gasteiger partial charge in [-0.1, -0.05) is 18.2 Å². The van der Waals surface area contributed by atoms with Gasteiger partial charge in [0.05, 0.1) is 0 Å². The summed E-state index contributed by atoms with van der Waals surface area (Å²) in [7, 11) is 1.85. The van der Waals surface area contributed by atoms with Crippen molar-refractivity contribution >= 4 is 17.4 Å². The highest BCUT2D eigenvalue weighted by molar-refractivity contribution is 5.95. The van der Waals surface area contributed by atoms with Crippen molar-refractivity contribution in [3.63, 3.8) is 0 Å². The minimum Gasteiger partial charge on any atom is -0.326 e. The Labute approximate surface area is 141 Å². The third kappa shape index (κ3) is 5.28. The van der Waals surface area contributed by atoms with Crippen LogP contribution >= 0.6 is 0 Å². The maximum Gasteiger partial charge on any atom is 0.225 e. The van der Waals surface area contributed by atoms with E-state index < -0.39 is 0 Å². The van der Waals surface area contributed by atoms with Crippen molar-refractivity contribution in [3.8, 4) is 0 Å². The normalized spacial score (nSPS) is 10.7. The van der Waals surface area contributed by atoms with Gasteiger partial charge in [-0.15, -0.1) is 0 Å². The Kier molecular flexibility index (Phi) is 6.21. The lowest BCUT2D eigenvalue weighted by atomic mass is 10.1. The Balaban J connectivity index is 1.80. The Hall–Kier alpha value is -2.53. The number of ketones is 1. The first-order valence-corrected chi connectivity index (χ1v) is 7.78. The second-order valence-corrected chi connectivity index (χ2v) is 5.76. The Morgan fingerprint density at radius 3 is 2.38 bits per heavy atom. The van der Waals surface area contributed by atoms with Crippen LogP contribution in [0.3, 0.4) is 0 Å². The topological polar surface area (TPSA) is 49.4 Å². The van der Waals surface area contributed by atoms with Gasteiger partial charge in [-0.3, -0.25) is 9.59 Å². The summed E-state index contributed by atoms with van der Waals surface area (Å²) in [5.74, 6) is -0.368. The number of halogens is 1. The number of anilines is 1. The fraction of sp³-hybridized carbons (Fsp3) is 0.263. The fourth-order valence-electron chi connectivity index (χ4n) is 2.30. The third-order valence-electron chi connectivity index (χ3n) is 3.69. The standard InChI is InChI=1S/C19H21FN2O2/c1-14(23)15-7-9-17(10-8-15)21-19(24)11-12-22(2)13-16-5-3-4-6-18(16)20/h3-10H,11-13H2,1-2H3,(H,21,24). The summed E-state index contributed by atoms with van der Waals surface area (Å²) in [5, 5.41) is 2.79. The molecule has 0 unspecified atom stereocenters. The predicted octanol–water partition coefficient (Wildman–Crippen LogP) is 3.49. The van der Waals surface area contributed by atoms with Crippen molar-refractivity contribution in [2.24, 2.45) is 0 Å². The minimum absolute atomic E-state index is 0.0114. The van der Waals surface area contributed by atoms with Crippen molar-refractivity contribution in [1.82, 2.24) is 4.90 Å². The molecule has 2 rings (SSSR count). The Morgan fingerprint density at radius 1 is 1.08 bits per heavy atom. The summed E-state index contributed by atoms with van der Waals surface area (Å²) < 4.78 is 13.6. The molecule has 4 nitrogen and oxygen atoms in total. The molecule has 0 aromatic heterocycles. The zero-order valence-corrected chi connectivity index (χ0v) is 13.9. The first-order valence-electron chi connectivity index (χ1n) is 7.78. The highest BCUT2D eigenvalue weighted by Gasteiger charge is 2.08. The first-order chi connectivity index (χ1) is 11.5. The van der Waals surface area contributed by atoms with Gasteiger partial charge in [0, 0.05) is 36.3 Å². The summed E-state index contributed by atoms with van der Waals surface area (Å²) >= 11 is 0. The van der Waals surface area contributed by atoms with E-state index in [1.54, 1.807) is 42.5 Å². The molecule has 0 spiro atoms. The molecular formula is C19H21FN2O2. The van der Waals surface area contributed by atoms with Crippen LogP contribution < -0.4 is 5.32 Å². The average molecular weight is 328 g/mol. The zero-order valence-electron chi connectivity index (χ0n) is 13.9. The van der Waals surface area contributed by atoms with Gasteiger partial charge in [-0.2, -0.15) is 0 Å². The third-order valence-corrected chi connectivity index (χ3v) is 3.69. The molecule has 1 N–H and O–H groups in total. The lowest BCUT2D eigenvalue weighted by Gasteiger charge is -2.16. The van der Waals surface area contributed by atoms with E-state index in [1.807, 2.05) is 11.9 Å². The number of nitrogens with one attached hydrogen (secondary N) is 1. The van der Waals surface area contributed by atoms with E-state index in [9.17, 15) is 14.0 Å². The maximum absolute atomic E-state index is 13.6. The Morgan fingerprint density at radius 2 is 1.75 bits per heavy atom. The molecular weight excluding hydrogens is 307 g/mol. The predicted molar refractivity (Wildman–Crippen MR) is 92.4 cm³/mol. The minimum atomic E-state index is -0.237. The molecule has 0 fully saturated rings. The number of hydrogen-bond donors (Lipinski definition) is 1. The number of carbonyl (C=O) groups is 2. The summed E-state index contributed by atoms with van der Waals surface area (Å²) in [6.07, 6.45) is 0.305. The smallest absolute Gasteiger partial charge is 0.225 e. The second kappa shape index (κ2) is 8.36. The number of Topliss-reactive ketones (excluding diaryl/α,β-unsaturated/α-hetero) is 1. The fourth-order valence-corrected chi connectivity index (χ4v) is 2.30. The van der Waals surface area contributed by atoms with Crippen LogP contribution in [0.5, 0.6) is 0 Å². The first kappa shape index (κ1) is 17.8.